The van der Waals surface area contributed by atoms with Crippen LogP contribution in [0.1, 0.15) is 30.5 Å². The van der Waals surface area contributed by atoms with Gasteiger partial charge in [-0.25, -0.2) is 0 Å². The number of alkyl halides is 3. The van der Waals surface area contributed by atoms with Crippen LogP contribution in [0.15, 0.2) is 42.5 Å². The molecular formula is C25H29F3N2O4. The Hall–Kier alpha value is -3.20. The monoisotopic (exact) mass is 478 g/mol. The number of halogens is 3. The maximum absolute atomic E-state index is 13.7. The molecule has 0 saturated carbocycles. The van der Waals surface area contributed by atoms with Crippen molar-refractivity contribution in [2.45, 2.75) is 32.7 Å². The molecule has 1 heterocycles. The summed E-state index contributed by atoms with van der Waals surface area (Å²) in [6.07, 6.45) is -1.73. The lowest BCUT2D eigenvalue weighted by Gasteiger charge is -2.29. The fourth-order valence-corrected chi connectivity index (χ4v) is 3.55. The summed E-state index contributed by atoms with van der Waals surface area (Å²) >= 11 is 0. The van der Waals surface area contributed by atoms with Crippen molar-refractivity contribution in [3.05, 3.63) is 59.2 Å². The van der Waals surface area contributed by atoms with Gasteiger partial charge in [0.1, 0.15) is 0 Å². The normalized spacial score (nSPS) is 14.5. The predicted molar refractivity (Wildman–Crippen MR) is 124 cm³/mol. The molecular weight excluding hydrogens is 449 g/mol. The number of morpholine rings is 1. The molecule has 2 aromatic carbocycles. The van der Waals surface area contributed by atoms with Gasteiger partial charge in [-0.15, -0.1) is 0 Å². The van der Waals surface area contributed by atoms with Crippen molar-refractivity contribution in [2.75, 3.05) is 38.3 Å². The van der Waals surface area contributed by atoms with Gasteiger partial charge in [0.15, 0.2) is 11.5 Å². The van der Waals surface area contributed by atoms with Crippen LogP contribution in [0.5, 0.6) is 11.5 Å². The Morgan fingerprint density at radius 3 is 2.53 bits per heavy atom. The number of anilines is 1. The number of rotatable bonds is 8. The number of nitrogens with one attached hydrogen (secondary N) is 1. The number of hydrogen-bond acceptors (Lipinski definition) is 5. The summed E-state index contributed by atoms with van der Waals surface area (Å²) in [5.74, 6) is 0.595. The number of methoxy groups -OCH3 is 1. The number of carbonyl (C=O) groups excluding carboxylic acids is 1. The van der Waals surface area contributed by atoms with Crippen LogP contribution in [-0.2, 0) is 22.3 Å². The average Bonchev–Trinajstić information content (AvgIpc) is 2.81. The van der Waals surface area contributed by atoms with E-state index in [0.717, 1.165) is 6.07 Å². The van der Waals surface area contributed by atoms with Crippen molar-refractivity contribution in [3.63, 3.8) is 0 Å². The number of carbonyl (C=O) groups is 1. The average molecular weight is 479 g/mol. The highest BCUT2D eigenvalue weighted by Gasteiger charge is 2.34. The Labute approximate surface area is 197 Å². The van der Waals surface area contributed by atoms with Crippen LogP contribution in [0.2, 0.25) is 0 Å². The van der Waals surface area contributed by atoms with Crippen molar-refractivity contribution >= 4 is 17.7 Å². The Morgan fingerprint density at radius 2 is 1.88 bits per heavy atom. The molecule has 0 aliphatic carbocycles. The summed E-state index contributed by atoms with van der Waals surface area (Å²) in [7, 11) is 1.52. The van der Waals surface area contributed by atoms with E-state index < -0.39 is 17.6 Å². The summed E-state index contributed by atoms with van der Waals surface area (Å²) in [4.78, 5) is 14.1. The van der Waals surface area contributed by atoms with Crippen LogP contribution in [0.4, 0.5) is 18.9 Å². The molecule has 1 saturated heterocycles. The number of hydrogen-bond donors (Lipinski definition) is 1. The molecule has 0 bridgehead atoms. The van der Waals surface area contributed by atoms with Crippen LogP contribution in [0.3, 0.4) is 0 Å². The topological polar surface area (TPSA) is 60.0 Å². The number of amides is 1. The molecule has 184 valence electrons. The molecule has 0 unspecified atom stereocenters. The van der Waals surface area contributed by atoms with Gasteiger partial charge in [0.05, 0.1) is 32.0 Å². The highest BCUT2D eigenvalue weighted by Crippen LogP contribution is 2.35. The molecule has 1 N–H and O–H groups in total. The molecule has 6 nitrogen and oxygen atoms in total. The largest absolute Gasteiger partial charge is 0.493 e. The minimum absolute atomic E-state index is 0.00288. The van der Waals surface area contributed by atoms with E-state index in [0.29, 0.717) is 49.1 Å². The first kappa shape index (κ1) is 25.4. The number of nitrogens with zero attached hydrogens (tertiary/aromatic N) is 1. The summed E-state index contributed by atoms with van der Waals surface area (Å²) in [6.45, 7) is 5.58. The Morgan fingerprint density at radius 1 is 1.15 bits per heavy atom. The van der Waals surface area contributed by atoms with Gasteiger partial charge in [-0.3, -0.25) is 4.79 Å². The maximum atomic E-state index is 13.7. The smallest absolute Gasteiger partial charge is 0.416 e. The summed E-state index contributed by atoms with van der Waals surface area (Å²) in [5, 5.41) is 2.53. The van der Waals surface area contributed by atoms with Gasteiger partial charge in [0, 0.05) is 31.4 Å². The van der Waals surface area contributed by atoms with Gasteiger partial charge < -0.3 is 24.4 Å². The second-order valence-corrected chi connectivity index (χ2v) is 8.07. The van der Waals surface area contributed by atoms with E-state index in [-0.39, 0.29) is 18.2 Å². The minimum Gasteiger partial charge on any atom is -0.493 e. The van der Waals surface area contributed by atoms with E-state index in [9.17, 15) is 18.0 Å². The van der Waals surface area contributed by atoms with Gasteiger partial charge in [0.2, 0.25) is 5.91 Å². The molecule has 0 radical (unpaired) electrons. The number of ether oxygens (including phenoxy) is 3. The Bertz CT molecular complexity index is 1020. The standard InChI is InChI=1S/C25H29F3N2O4/c1-17(2)34-22-8-4-18(14-23(22)32-3)5-9-24(31)29-16-19-6-7-20(15-21(19)25(26,27)28)30-10-12-33-13-11-30/h4-9,14-15,17H,10-13,16H2,1-3H3,(H,29,31)/b9-5+. The van der Waals surface area contributed by atoms with Crippen LogP contribution in [-0.4, -0.2) is 45.4 Å². The Kier molecular flexibility index (Phi) is 8.44. The van der Waals surface area contributed by atoms with Crippen molar-refractivity contribution in [2.24, 2.45) is 0 Å². The zero-order chi connectivity index (χ0) is 24.7. The molecule has 1 fully saturated rings. The zero-order valence-corrected chi connectivity index (χ0v) is 19.4. The molecule has 0 atom stereocenters. The third kappa shape index (κ3) is 6.90. The number of benzene rings is 2. The lowest BCUT2D eigenvalue weighted by molar-refractivity contribution is -0.138. The summed E-state index contributed by atoms with van der Waals surface area (Å²) in [6, 6.07) is 9.41. The first-order chi connectivity index (χ1) is 16.2. The molecule has 0 spiro atoms. The van der Waals surface area contributed by atoms with Crippen molar-refractivity contribution in [1.82, 2.24) is 5.32 Å². The highest BCUT2D eigenvalue weighted by molar-refractivity contribution is 5.91. The van der Waals surface area contributed by atoms with E-state index in [2.05, 4.69) is 5.32 Å². The lowest BCUT2D eigenvalue weighted by atomic mass is 10.0. The fraction of sp³-hybridized carbons (Fsp3) is 0.400. The second-order valence-electron chi connectivity index (χ2n) is 8.07. The fourth-order valence-electron chi connectivity index (χ4n) is 3.55. The third-order valence-electron chi connectivity index (χ3n) is 5.21. The van der Waals surface area contributed by atoms with Crippen molar-refractivity contribution in [3.8, 4) is 11.5 Å². The van der Waals surface area contributed by atoms with Crippen LogP contribution in [0, 0.1) is 0 Å². The molecule has 1 aliphatic heterocycles. The Balaban J connectivity index is 1.67. The highest BCUT2D eigenvalue weighted by atomic mass is 19.4. The van der Waals surface area contributed by atoms with Gasteiger partial charge in [-0.2, -0.15) is 13.2 Å². The molecule has 9 heteroatoms. The van der Waals surface area contributed by atoms with E-state index in [1.807, 2.05) is 18.7 Å². The van der Waals surface area contributed by atoms with Crippen LogP contribution in [0.25, 0.3) is 6.08 Å². The molecule has 34 heavy (non-hydrogen) atoms. The van der Waals surface area contributed by atoms with Gasteiger partial charge in [-0.05, 0) is 55.3 Å². The SMILES string of the molecule is COc1cc(/C=C/C(=O)NCc2ccc(N3CCOCC3)cc2C(F)(F)F)ccc1OC(C)C. The van der Waals surface area contributed by atoms with E-state index >= 15 is 0 Å². The van der Waals surface area contributed by atoms with E-state index in [4.69, 9.17) is 14.2 Å². The first-order valence-corrected chi connectivity index (χ1v) is 11.0. The molecule has 3 rings (SSSR count). The molecule has 1 aliphatic rings. The van der Waals surface area contributed by atoms with Gasteiger partial charge in [-0.1, -0.05) is 12.1 Å². The first-order valence-electron chi connectivity index (χ1n) is 11.0. The lowest BCUT2D eigenvalue weighted by Crippen LogP contribution is -2.36. The molecule has 2 aromatic rings. The molecule has 0 aromatic heterocycles. The predicted octanol–water partition coefficient (Wildman–Crippen LogP) is 4.67. The quantitative estimate of drug-likeness (QED) is 0.559. The van der Waals surface area contributed by atoms with Gasteiger partial charge in [0.25, 0.3) is 0 Å². The zero-order valence-electron chi connectivity index (χ0n) is 19.4. The van der Waals surface area contributed by atoms with Crippen molar-refractivity contribution in [1.29, 1.82) is 0 Å². The minimum atomic E-state index is -4.53. The van der Waals surface area contributed by atoms with Crippen LogP contribution < -0.4 is 19.7 Å². The van der Waals surface area contributed by atoms with E-state index in [1.165, 1.54) is 19.3 Å². The second kappa shape index (κ2) is 11.3. The van der Waals surface area contributed by atoms with E-state index in [1.54, 1.807) is 30.3 Å². The third-order valence-corrected chi connectivity index (χ3v) is 5.21. The van der Waals surface area contributed by atoms with Crippen molar-refractivity contribution < 1.29 is 32.2 Å². The molecule has 1 amide bonds. The summed E-state index contributed by atoms with van der Waals surface area (Å²) < 4.78 is 57.3. The summed E-state index contributed by atoms with van der Waals surface area (Å²) in [5.41, 5.74) is 0.424. The van der Waals surface area contributed by atoms with Gasteiger partial charge >= 0.3 is 6.18 Å². The maximum Gasteiger partial charge on any atom is 0.416 e. The van der Waals surface area contributed by atoms with Crippen LogP contribution >= 0.6 is 0 Å².